The summed E-state index contributed by atoms with van der Waals surface area (Å²) in [5, 5.41) is 6.90. The molecule has 0 unspecified atom stereocenters. The topological polar surface area (TPSA) is 86.0 Å². The van der Waals surface area contributed by atoms with Gasteiger partial charge >= 0.3 is 5.97 Å². The molecule has 0 aliphatic heterocycles. The first-order chi connectivity index (χ1) is 15.1. The van der Waals surface area contributed by atoms with Gasteiger partial charge in [0.2, 0.25) is 10.9 Å². The summed E-state index contributed by atoms with van der Waals surface area (Å²) in [4.78, 5) is 16.6. The van der Waals surface area contributed by atoms with Crippen LogP contribution < -0.4 is 14.9 Å². The molecule has 4 aromatic rings. The summed E-state index contributed by atoms with van der Waals surface area (Å²) in [6.45, 7) is 2.05. The van der Waals surface area contributed by atoms with Crippen molar-refractivity contribution < 1.29 is 18.7 Å². The highest BCUT2D eigenvalue weighted by Gasteiger charge is 2.14. The van der Waals surface area contributed by atoms with Crippen molar-refractivity contribution in [2.24, 2.45) is 5.10 Å². The number of thiazole rings is 1. The van der Waals surface area contributed by atoms with Gasteiger partial charge in [-0.3, -0.25) is 5.43 Å². The van der Waals surface area contributed by atoms with Crippen molar-refractivity contribution in [3.8, 4) is 22.8 Å². The molecule has 7 nitrogen and oxygen atoms in total. The summed E-state index contributed by atoms with van der Waals surface area (Å²) in [5.74, 6) is 0.210. The molecule has 2 aromatic carbocycles. The maximum Gasteiger partial charge on any atom is 0.379 e. The second-order valence-corrected chi connectivity index (χ2v) is 7.41. The fourth-order valence-electron chi connectivity index (χ4n) is 2.74. The largest absolute Gasteiger partial charge is 0.493 e. The highest BCUT2D eigenvalue weighted by Crippen LogP contribution is 2.29. The van der Waals surface area contributed by atoms with Gasteiger partial charge in [-0.1, -0.05) is 29.8 Å². The van der Waals surface area contributed by atoms with Gasteiger partial charge in [-0.05, 0) is 42.8 Å². The second-order valence-electron chi connectivity index (χ2n) is 6.55. The zero-order valence-electron chi connectivity index (χ0n) is 16.9. The maximum atomic E-state index is 12.1. The van der Waals surface area contributed by atoms with Gasteiger partial charge < -0.3 is 13.9 Å². The lowest BCUT2D eigenvalue weighted by molar-refractivity contribution is 0.0696. The summed E-state index contributed by atoms with van der Waals surface area (Å²) in [5.41, 5.74) is 6.86. The fraction of sp³-hybridized carbons (Fsp3) is 0.0870. The summed E-state index contributed by atoms with van der Waals surface area (Å²) < 4.78 is 15.7. The van der Waals surface area contributed by atoms with E-state index in [0.717, 1.165) is 16.8 Å². The number of ether oxygens (including phenoxy) is 2. The van der Waals surface area contributed by atoms with E-state index in [1.54, 1.807) is 30.5 Å². The molecule has 4 rings (SSSR count). The van der Waals surface area contributed by atoms with E-state index in [4.69, 9.17) is 13.9 Å². The second kappa shape index (κ2) is 9.27. The van der Waals surface area contributed by atoms with Crippen LogP contribution in [0.25, 0.3) is 11.3 Å². The minimum Gasteiger partial charge on any atom is -0.493 e. The molecule has 0 saturated carbocycles. The fourth-order valence-corrected chi connectivity index (χ4v) is 3.41. The van der Waals surface area contributed by atoms with Crippen LogP contribution in [0.3, 0.4) is 0 Å². The number of furan rings is 1. The van der Waals surface area contributed by atoms with Crippen molar-refractivity contribution >= 4 is 28.7 Å². The van der Waals surface area contributed by atoms with E-state index < -0.39 is 5.97 Å². The number of methoxy groups -OCH3 is 1. The van der Waals surface area contributed by atoms with E-state index in [1.165, 1.54) is 36.3 Å². The van der Waals surface area contributed by atoms with Gasteiger partial charge in [-0.25, -0.2) is 9.78 Å². The van der Waals surface area contributed by atoms with Gasteiger partial charge in [0.05, 0.1) is 25.3 Å². The van der Waals surface area contributed by atoms with Crippen LogP contribution in [0, 0.1) is 6.92 Å². The maximum absolute atomic E-state index is 12.1. The monoisotopic (exact) mass is 433 g/mol. The smallest absolute Gasteiger partial charge is 0.379 e. The van der Waals surface area contributed by atoms with Crippen LogP contribution in [0.1, 0.15) is 21.7 Å². The molecule has 1 N–H and O–H groups in total. The molecular formula is C23H19N3O4S. The number of aromatic nitrogens is 1. The van der Waals surface area contributed by atoms with Gasteiger partial charge in [0.15, 0.2) is 11.5 Å². The minimum absolute atomic E-state index is 0.116. The Morgan fingerprint density at radius 3 is 2.74 bits per heavy atom. The highest BCUT2D eigenvalue weighted by molar-refractivity contribution is 7.14. The molecule has 2 heterocycles. The number of esters is 1. The number of hydrogen-bond donors (Lipinski definition) is 1. The molecule has 156 valence electrons. The van der Waals surface area contributed by atoms with Crippen LogP contribution in [-0.2, 0) is 0 Å². The third kappa shape index (κ3) is 4.99. The highest BCUT2D eigenvalue weighted by atomic mass is 32.1. The third-order valence-corrected chi connectivity index (χ3v) is 5.08. The number of carbonyl (C=O) groups is 1. The van der Waals surface area contributed by atoms with Gasteiger partial charge in [0.1, 0.15) is 0 Å². The number of anilines is 1. The Morgan fingerprint density at radius 1 is 1.16 bits per heavy atom. The quantitative estimate of drug-likeness (QED) is 0.182. The molecule has 0 aliphatic rings. The summed E-state index contributed by atoms with van der Waals surface area (Å²) in [6, 6.07) is 16.5. The zero-order chi connectivity index (χ0) is 21.6. The number of hydrogen-bond acceptors (Lipinski definition) is 8. The van der Waals surface area contributed by atoms with Gasteiger partial charge in [0.25, 0.3) is 0 Å². The minimum atomic E-state index is -0.598. The molecule has 0 bridgehead atoms. The van der Waals surface area contributed by atoms with Crippen molar-refractivity contribution in [1.82, 2.24) is 4.98 Å². The van der Waals surface area contributed by atoms with Crippen molar-refractivity contribution in [2.45, 2.75) is 6.92 Å². The van der Waals surface area contributed by atoms with Gasteiger partial charge in [0, 0.05) is 10.9 Å². The molecular weight excluding hydrogens is 414 g/mol. The van der Waals surface area contributed by atoms with Crippen molar-refractivity contribution in [2.75, 3.05) is 12.5 Å². The number of nitrogens with zero attached hydrogens (tertiary/aromatic N) is 2. The van der Waals surface area contributed by atoms with Gasteiger partial charge in [-0.15, -0.1) is 11.3 Å². The van der Waals surface area contributed by atoms with E-state index in [1.807, 2.05) is 17.5 Å². The average Bonchev–Trinajstić information content (AvgIpc) is 3.48. The van der Waals surface area contributed by atoms with E-state index >= 15 is 0 Å². The first-order valence-corrected chi connectivity index (χ1v) is 10.3. The standard InChI is InChI=1S/C23H19N3O4S/c1-15-5-8-17(9-6-15)18-14-31-23(25-18)26-24-13-16-7-10-19(21(12-16)28-2)30-22(27)20-4-3-11-29-20/h3-14H,1-2H3,(H,25,26)/b24-13-. The Bertz CT molecular complexity index is 1200. The van der Waals surface area contributed by atoms with Crippen molar-refractivity contribution in [3.05, 3.63) is 83.1 Å². The van der Waals surface area contributed by atoms with E-state index in [2.05, 4.69) is 34.6 Å². The first kappa shape index (κ1) is 20.4. The van der Waals surface area contributed by atoms with E-state index in [9.17, 15) is 4.79 Å². The third-order valence-electron chi connectivity index (χ3n) is 4.34. The Hall–Kier alpha value is -3.91. The lowest BCUT2D eigenvalue weighted by Gasteiger charge is -2.08. The first-order valence-electron chi connectivity index (χ1n) is 9.38. The van der Waals surface area contributed by atoms with Crippen LogP contribution in [-0.4, -0.2) is 24.3 Å². The number of hydrazone groups is 1. The normalized spacial score (nSPS) is 10.9. The van der Waals surface area contributed by atoms with Crippen LogP contribution in [0.5, 0.6) is 11.5 Å². The van der Waals surface area contributed by atoms with Crippen LogP contribution in [0.2, 0.25) is 0 Å². The molecule has 31 heavy (non-hydrogen) atoms. The number of carbonyl (C=O) groups excluding carboxylic acids is 1. The molecule has 0 aliphatic carbocycles. The average molecular weight is 433 g/mol. The molecule has 2 aromatic heterocycles. The number of benzene rings is 2. The lowest BCUT2D eigenvalue weighted by Crippen LogP contribution is -2.08. The number of nitrogens with one attached hydrogen (secondary N) is 1. The van der Waals surface area contributed by atoms with Crippen LogP contribution in [0.4, 0.5) is 5.13 Å². The number of aryl methyl sites for hydroxylation is 1. The molecule has 0 fully saturated rings. The Morgan fingerprint density at radius 2 is 2.00 bits per heavy atom. The Labute approximate surface area is 183 Å². The van der Waals surface area contributed by atoms with Gasteiger partial charge in [-0.2, -0.15) is 5.10 Å². The SMILES string of the molecule is COc1cc(/C=N\Nc2nc(-c3ccc(C)cc3)cs2)ccc1OC(=O)c1ccco1. The summed E-state index contributed by atoms with van der Waals surface area (Å²) >= 11 is 1.47. The molecule has 0 atom stereocenters. The number of rotatable bonds is 7. The predicted molar refractivity (Wildman–Crippen MR) is 120 cm³/mol. The Kier molecular flexibility index (Phi) is 6.09. The van der Waals surface area contributed by atoms with Crippen molar-refractivity contribution in [1.29, 1.82) is 0 Å². The lowest BCUT2D eigenvalue weighted by atomic mass is 10.1. The van der Waals surface area contributed by atoms with Crippen LogP contribution in [0.15, 0.2) is 75.8 Å². The van der Waals surface area contributed by atoms with Crippen LogP contribution >= 0.6 is 11.3 Å². The van der Waals surface area contributed by atoms with E-state index in [0.29, 0.717) is 10.9 Å². The molecule has 8 heteroatoms. The zero-order valence-corrected chi connectivity index (χ0v) is 17.7. The molecule has 0 amide bonds. The van der Waals surface area contributed by atoms with E-state index in [-0.39, 0.29) is 11.5 Å². The summed E-state index contributed by atoms with van der Waals surface area (Å²) in [6.07, 6.45) is 3.04. The molecule has 0 spiro atoms. The Balaban J connectivity index is 1.41. The summed E-state index contributed by atoms with van der Waals surface area (Å²) in [7, 11) is 1.50. The van der Waals surface area contributed by atoms with Crippen molar-refractivity contribution in [3.63, 3.8) is 0 Å². The molecule has 0 saturated heterocycles. The predicted octanol–water partition coefficient (Wildman–Crippen LogP) is 5.39. The molecule has 0 radical (unpaired) electrons.